The Morgan fingerprint density at radius 2 is 1.63 bits per heavy atom. The summed E-state index contributed by atoms with van der Waals surface area (Å²) >= 11 is 0. The number of amides is 2. The van der Waals surface area contributed by atoms with Crippen LogP contribution >= 0.6 is 0 Å². The molecule has 2 amide bonds. The lowest BCUT2D eigenvalue weighted by Crippen LogP contribution is -2.44. The van der Waals surface area contributed by atoms with Gasteiger partial charge >= 0.3 is 0 Å². The summed E-state index contributed by atoms with van der Waals surface area (Å²) in [6.07, 6.45) is 3.33. The van der Waals surface area contributed by atoms with Gasteiger partial charge in [0, 0.05) is 12.7 Å². The number of carbonyl (C=O) groups excluding carboxylic acids is 2. The van der Waals surface area contributed by atoms with Crippen LogP contribution in [0.2, 0.25) is 0 Å². The largest absolute Gasteiger partial charge is 0.335 e. The fourth-order valence-electron chi connectivity index (χ4n) is 4.10. The maximum absolute atomic E-state index is 12.6. The quantitative estimate of drug-likeness (QED) is 0.762. The first-order valence-corrected chi connectivity index (χ1v) is 10.8. The van der Waals surface area contributed by atoms with Gasteiger partial charge in [-0.2, -0.15) is 0 Å². The molecule has 0 saturated carbocycles. The van der Waals surface area contributed by atoms with Gasteiger partial charge in [0.1, 0.15) is 0 Å². The lowest BCUT2D eigenvalue weighted by molar-refractivity contribution is -0.134. The van der Waals surface area contributed by atoms with Gasteiger partial charge in [-0.1, -0.05) is 48.5 Å². The molecule has 30 heavy (non-hydrogen) atoms. The Morgan fingerprint density at radius 1 is 1.00 bits per heavy atom. The van der Waals surface area contributed by atoms with Crippen molar-refractivity contribution < 1.29 is 9.59 Å². The molecule has 160 valence electrons. The maximum Gasteiger partial charge on any atom is 0.243 e. The van der Waals surface area contributed by atoms with Crippen LogP contribution in [0.25, 0.3) is 0 Å². The van der Waals surface area contributed by atoms with E-state index < -0.39 is 0 Å². The van der Waals surface area contributed by atoms with Crippen molar-refractivity contribution in [2.24, 2.45) is 5.92 Å². The number of nitrogens with zero attached hydrogens (tertiary/aromatic N) is 2. The standard InChI is InChI=1S/C25H33N3O2/c1-19-8-7-9-20(2)25(19)26-23(29)17-27(3)24(30)18-28-14-12-22(13-15-28)16-21-10-5-4-6-11-21/h4-11,22H,12-18H2,1-3H3,(H,26,29). The van der Waals surface area contributed by atoms with Crippen molar-refractivity contribution in [1.82, 2.24) is 9.80 Å². The molecular formula is C25H33N3O2. The van der Waals surface area contributed by atoms with Crippen LogP contribution in [0.1, 0.15) is 29.5 Å². The third-order valence-corrected chi connectivity index (χ3v) is 5.99. The minimum Gasteiger partial charge on any atom is -0.335 e. The summed E-state index contributed by atoms with van der Waals surface area (Å²) in [5.41, 5.74) is 4.27. The summed E-state index contributed by atoms with van der Waals surface area (Å²) in [7, 11) is 1.70. The molecule has 1 saturated heterocycles. The van der Waals surface area contributed by atoms with Crippen LogP contribution in [0.3, 0.4) is 0 Å². The van der Waals surface area contributed by atoms with Crippen LogP contribution in [0.15, 0.2) is 48.5 Å². The van der Waals surface area contributed by atoms with Crippen LogP contribution in [-0.4, -0.2) is 54.8 Å². The van der Waals surface area contributed by atoms with Crippen LogP contribution in [-0.2, 0) is 16.0 Å². The SMILES string of the molecule is Cc1cccc(C)c1NC(=O)CN(C)C(=O)CN1CCC(Cc2ccccc2)CC1. The minimum absolute atomic E-state index is 0.00633. The Bertz CT molecular complexity index is 838. The fourth-order valence-corrected chi connectivity index (χ4v) is 4.10. The third-order valence-electron chi connectivity index (χ3n) is 5.99. The van der Waals surface area contributed by atoms with E-state index in [9.17, 15) is 9.59 Å². The van der Waals surface area contributed by atoms with Crippen molar-refractivity contribution in [2.75, 3.05) is 38.5 Å². The predicted octanol–water partition coefficient (Wildman–Crippen LogP) is 3.66. The van der Waals surface area contributed by atoms with Crippen molar-refractivity contribution in [3.63, 3.8) is 0 Å². The van der Waals surface area contributed by atoms with Crippen LogP contribution in [0, 0.1) is 19.8 Å². The van der Waals surface area contributed by atoms with Gasteiger partial charge < -0.3 is 10.2 Å². The molecule has 0 radical (unpaired) electrons. The first-order valence-electron chi connectivity index (χ1n) is 10.8. The van der Waals surface area contributed by atoms with E-state index in [1.54, 1.807) is 7.05 Å². The van der Waals surface area contributed by atoms with E-state index in [0.717, 1.165) is 49.2 Å². The second-order valence-electron chi connectivity index (χ2n) is 8.47. The van der Waals surface area contributed by atoms with Crippen molar-refractivity contribution in [3.05, 3.63) is 65.2 Å². The van der Waals surface area contributed by atoms with E-state index >= 15 is 0 Å². The summed E-state index contributed by atoms with van der Waals surface area (Å²) in [4.78, 5) is 28.8. The Hall–Kier alpha value is -2.66. The van der Waals surface area contributed by atoms with E-state index in [2.05, 4.69) is 40.5 Å². The van der Waals surface area contributed by atoms with Gasteiger partial charge in [-0.15, -0.1) is 0 Å². The van der Waals surface area contributed by atoms with Crippen molar-refractivity contribution in [3.8, 4) is 0 Å². The van der Waals surface area contributed by atoms with E-state index in [1.165, 1.54) is 10.5 Å². The highest BCUT2D eigenvalue weighted by Crippen LogP contribution is 2.22. The molecule has 5 nitrogen and oxygen atoms in total. The van der Waals surface area contributed by atoms with E-state index in [4.69, 9.17) is 0 Å². The molecule has 0 atom stereocenters. The van der Waals surface area contributed by atoms with Gasteiger partial charge in [0.15, 0.2) is 0 Å². The average Bonchev–Trinajstić information content (AvgIpc) is 2.73. The molecule has 1 aliphatic rings. The van der Waals surface area contributed by atoms with Gasteiger partial charge in [0.25, 0.3) is 0 Å². The second-order valence-corrected chi connectivity index (χ2v) is 8.47. The molecule has 1 aliphatic heterocycles. The van der Waals surface area contributed by atoms with Gasteiger partial charge in [0.05, 0.1) is 13.1 Å². The normalized spacial score (nSPS) is 15.0. The molecule has 1 heterocycles. The Labute approximate surface area is 180 Å². The first-order chi connectivity index (χ1) is 14.4. The number of piperidine rings is 1. The molecular weight excluding hydrogens is 374 g/mol. The highest BCUT2D eigenvalue weighted by molar-refractivity contribution is 5.95. The number of benzene rings is 2. The minimum atomic E-state index is -0.162. The van der Waals surface area contributed by atoms with Crippen molar-refractivity contribution in [2.45, 2.75) is 33.1 Å². The number of aryl methyl sites for hydroxylation is 2. The average molecular weight is 408 g/mol. The molecule has 1 fully saturated rings. The number of anilines is 1. The molecule has 0 spiro atoms. The number of likely N-dealkylation sites (N-methyl/N-ethyl adjacent to an activating group) is 1. The lowest BCUT2D eigenvalue weighted by Gasteiger charge is -2.32. The van der Waals surface area contributed by atoms with Gasteiger partial charge in [-0.25, -0.2) is 0 Å². The molecule has 3 rings (SSSR count). The Kier molecular flexibility index (Phi) is 7.63. The van der Waals surface area contributed by atoms with Gasteiger partial charge in [-0.3, -0.25) is 14.5 Å². The molecule has 5 heteroatoms. The summed E-state index contributed by atoms with van der Waals surface area (Å²) in [5.74, 6) is 0.512. The third kappa shape index (κ3) is 6.17. The van der Waals surface area contributed by atoms with Crippen LogP contribution in [0.4, 0.5) is 5.69 Å². The Morgan fingerprint density at radius 3 is 2.27 bits per heavy atom. The molecule has 0 aliphatic carbocycles. The molecule has 1 N–H and O–H groups in total. The number of para-hydroxylation sites is 1. The monoisotopic (exact) mass is 407 g/mol. The number of likely N-dealkylation sites (tertiary alicyclic amines) is 1. The topological polar surface area (TPSA) is 52.7 Å². The summed E-state index contributed by atoms with van der Waals surface area (Å²) in [5, 5.41) is 2.95. The number of hydrogen-bond acceptors (Lipinski definition) is 3. The predicted molar refractivity (Wildman–Crippen MR) is 121 cm³/mol. The number of hydrogen-bond donors (Lipinski definition) is 1. The lowest BCUT2D eigenvalue weighted by atomic mass is 9.90. The number of carbonyl (C=O) groups is 2. The highest BCUT2D eigenvalue weighted by Gasteiger charge is 2.23. The van der Waals surface area contributed by atoms with E-state index in [0.29, 0.717) is 12.5 Å². The molecule has 0 unspecified atom stereocenters. The molecule has 0 aromatic heterocycles. The summed E-state index contributed by atoms with van der Waals surface area (Å²) in [6, 6.07) is 16.5. The van der Waals surface area contributed by atoms with Gasteiger partial charge in [0.2, 0.25) is 11.8 Å². The smallest absolute Gasteiger partial charge is 0.243 e. The maximum atomic E-state index is 12.6. The zero-order valence-electron chi connectivity index (χ0n) is 18.4. The van der Waals surface area contributed by atoms with Crippen LogP contribution in [0.5, 0.6) is 0 Å². The Balaban J connectivity index is 1.42. The van der Waals surface area contributed by atoms with E-state index in [1.807, 2.05) is 32.0 Å². The molecule has 2 aromatic carbocycles. The zero-order valence-corrected chi connectivity index (χ0v) is 18.4. The zero-order chi connectivity index (χ0) is 21.5. The van der Waals surface area contributed by atoms with Crippen molar-refractivity contribution >= 4 is 17.5 Å². The second kappa shape index (κ2) is 10.4. The van der Waals surface area contributed by atoms with Crippen LogP contribution < -0.4 is 5.32 Å². The fraction of sp³-hybridized carbons (Fsp3) is 0.440. The summed E-state index contributed by atoms with van der Waals surface area (Å²) in [6.45, 7) is 6.26. The van der Waals surface area contributed by atoms with Crippen molar-refractivity contribution in [1.29, 1.82) is 0 Å². The first kappa shape index (κ1) is 22.0. The van der Waals surface area contributed by atoms with Gasteiger partial charge in [-0.05, 0) is 68.8 Å². The molecule has 0 bridgehead atoms. The number of rotatable bonds is 7. The molecule has 2 aromatic rings. The highest BCUT2D eigenvalue weighted by atomic mass is 16.2. The summed E-state index contributed by atoms with van der Waals surface area (Å²) < 4.78 is 0. The number of nitrogens with one attached hydrogen (secondary N) is 1. The van der Waals surface area contributed by atoms with E-state index in [-0.39, 0.29) is 18.4 Å².